The number of para-hydroxylation sites is 1. The number of anilines is 1. The van der Waals surface area contributed by atoms with Crippen LogP contribution in [-0.2, 0) is 4.79 Å². The number of pyridine rings is 1. The number of hydrogen-bond acceptors (Lipinski definition) is 5. The molecule has 6 heteroatoms. The summed E-state index contributed by atoms with van der Waals surface area (Å²) in [4.78, 5) is 27.4. The Hall–Kier alpha value is -3.02. The van der Waals surface area contributed by atoms with Crippen LogP contribution in [0.4, 0.5) is 5.82 Å². The predicted molar refractivity (Wildman–Crippen MR) is 96.9 cm³/mol. The number of nitrogens with zero attached hydrogens (tertiary/aromatic N) is 4. The third-order valence-corrected chi connectivity index (χ3v) is 4.64. The molecule has 0 unspecified atom stereocenters. The number of nitrogens with two attached hydrogens (primary N) is 1. The molecule has 3 aromatic rings. The first-order valence-corrected chi connectivity index (χ1v) is 8.44. The molecule has 0 spiro atoms. The summed E-state index contributed by atoms with van der Waals surface area (Å²) in [6.07, 6.45) is 5.23. The number of primary amides is 1. The van der Waals surface area contributed by atoms with Crippen molar-refractivity contribution in [2.45, 2.75) is 12.8 Å². The summed E-state index contributed by atoms with van der Waals surface area (Å²) in [5.74, 6) is 1.16. The van der Waals surface area contributed by atoms with Gasteiger partial charge in [0.05, 0.1) is 11.4 Å². The van der Waals surface area contributed by atoms with Crippen LogP contribution in [-0.4, -0.2) is 33.9 Å². The van der Waals surface area contributed by atoms with Crippen molar-refractivity contribution in [3.05, 3.63) is 48.8 Å². The van der Waals surface area contributed by atoms with Crippen molar-refractivity contribution >= 4 is 22.6 Å². The van der Waals surface area contributed by atoms with E-state index in [0.29, 0.717) is 12.4 Å². The van der Waals surface area contributed by atoms with E-state index in [-0.39, 0.29) is 11.8 Å². The third-order valence-electron chi connectivity index (χ3n) is 4.64. The fourth-order valence-electron chi connectivity index (χ4n) is 3.33. The minimum Gasteiger partial charge on any atom is -0.369 e. The van der Waals surface area contributed by atoms with Crippen molar-refractivity contribution in [1.29, 1.82) is 0 Å². The predicted octanol–water partition coefficient (Wildman–Crippen LogP) is 2.39. The van der Waals surface area contributed by atoms with Crippen molar-refractivity contribution < 1.29 is 4.79 Å². The molecule has 1 atom stereocenters. The lowest BCUT2D eigenvalue weighted by Crippen LogP contribution is -2.41. The highest BCUT2D eigenvalue weighted by Crippen LogP contribution is 2.30. The second kappa shape index (κ2) is 6.47. The molecular weight excluding hydrogens is 314 g/mol. The van der Waals surface area contributed by atoms with Gasteiger partial charge in [0.25, 0.3) is 0 Å². The summed E-state index contributed by atoms with van der Waals surface area (Å²) in [5.41, 5.74) is 7.35. The van der Waals surface area contributed by atoms with Gasteiger partial charge in [0.2, 0.25) is 5.91 Å². The third kappa shape index (κ3) is 3.03. The van der Waals surface area contributed by atoms with E-state index in [2.05, 4.69) is 9.88 Å². The number of hydrogen-bond donors (Lipinski definition) is 1. The highest BCUT2D eigenvalue weighted by atomic mass is 16.1. The standard InChI is InChI=1S/C19H19N5O/c20-17(25)14-4-3-11-24(12-14)19-15-5-1-2-6-16(15)22-18(23-19)13-7-9-21-10-8-13/h1-2,5-10,14H,3-4,11-12H2,(H2,20,25)/t14-/m1/s1. The molecule has 0 bridgehead atoms. The Morgan fingerprint density at radius 3 is 2.72 bits per heavy atom. The van der Waals surface area contributed by atoms with Crippen LogP contribution in [0.1, 0.15) is 12.8 Å². The molecule has 25 heavy (non-hydrogen) atoms. The maximum Gasteiger partial charge on any atom is 0.222 e. The topological polar surface area (TPSA) is 85.0 Å². The molecule has 2 N–H and O–H groups in total. The fraction of sp³-hybridized carbons (Fsp3) is 0.263. The highest BCUT2D eigenvalue weighted by molar-refractivity contribution is 5.91. The van der Waals surface area contributed by atoms with E-state index in [9.17, 15) is 4.79 Å². The zero-order chi connectivity index (χ0) is 17.2. The first-order chi connectivity index (χ1) is 12.2. The Morgan fingerprint density at radius 1 is 1.12 bits per heavy atom. The molecule has 6 nitrogen and oxygen atoms in total. The molecule has 1 aromatic carbocycles. The zero-order valence-corrected chi connectivity index (χ0v) is 13.8. The molecule has 1 amide bonds. The largest absolute Gasteiger partial charge is 0.369 e. The van der Waals surface area contributed by atoms with Crippen LogP contribution in [0, 0.1) is 5.92 Å². The maximum absolute atomic E-state index is 11.6. The summed E-state index contributed by atoms with van der Waals surface area (Å²) >= 11 is 0. The summed E-state index contributed by atoms with van der Waals surface area (Å²) in [6, 6.07) is 11.8. The number of amides is 1. The first kappa shape index (κ1) is 15.5. The summed E-state index contributed by atoms with van der Waals surface area (Å²) < 4.78 is 0. The molecule has 2 aromatic heterocycles. The van der Waals surface area contributed by atoms with Gasteiger partial charge in [-0.25, -0.2) is 9.97 Å². The Balaban J connectivity index is 1.83. The van der Waals surface area contributed by atoms with Gasteiger partial charge in [-0.15, -0.1) is 0 Å². The molecule has 1 saturated heterocycles. The van der Waals surface area contributed by atoms with Gasteiger partial charge in [0.15, 0.2) is 5.82 Å². The summed E-state index contributed by atoms with van der Waals surface area (Å²) in [7, 11) is 0. The Labute approximate surface area is 145 Å². The second-order valence-electron chi connectivity index (χ2n) is 6.31. The van der Waals surface area contributed by atoms with Crippen LogP contribution in [0.2, 0.25) is 0 Å². The molecule has 1 aliphatic heterocycles. The number of fused-ring (bicyclic) bond motifs is 1. The number of benzene rings is 1. The van der Waals surface area contributed by atoms with Crippen molar-refractivity contribution in [3.63, 3.8) is 0 Å². The number of rotatable bonds is 3. The van der Waals surface area contributed by atoms with Gasteiger partial charge in [-0.05, 0) is 37.1 Å². The molecule has 0 radical (unpaired) electrons. The van der Waals surface area contributed by atoms with Crippen LogP contribution in [0.5, 0.6) is 0 Å². The molecule has 4 rings (SSSR count). The number of piperidine rings is 1. The molecule has 0 aliphatic carbocycles. The Kier molecular flexibility index (Phi) is 4.01. The van der Waals surface area contributed by atoms with E-state index < -0.39 is 0 Å². The first-order valence-electron chi connectivity index (χ1n) is 8.44. The van der Waals surface area contributed by atoms with Gasteiger partial charge in [0.1, 0.15) is 5.82 Å². The monoisotopic (exact) mass is 333 g/mol. The maximum atomic E-state index is 11.6. The van der Waals surface area contributed by atoms with E-state index in [0.717, 1.165) is 41.7 Å². The van der Waals surface area contributed by atoms with Gasteiger partial charge < -0.3 is 10.6 Å². The van der Waals surface area contributed by atoms with Crippen LogP contribution >= 0.6 is 0 Å². The molecule has 126 valence electrons. The van der Waals surface area contributed by atoms with Crippen molar-refractivity contribution in [3.8, 4) is 11.4 Å². The van der Waals surface area contributed by atoms with Gasteiger partial charge in [-0.2, -0.15) is 0 Å². The van der Waals surface area contributed by atoms with E-state index >= 15 is 0 Å². The Bertz CT molecular complexity index is 912. The lowest BCUT2D eigenvalue weighted by molar-refractivity contribution is -0.122. The molecule has 1 fully saturated rings. The molecule has 1 aliphatic rings. The average molecular weight is 333 g/mol. The fourth-order valence-corrected chi connectivity index (χ4v) is 3.33. The van der Waals surface area contributed by atoms with Crippen LogP contribution in [0.15, 0.2) is 48.8 Å². The quantitative estimate of drug-likeness (QED) is 0.795. The van der Waals surface area contributed by atoms with Crippen molar-refractivity contribution in [2.24, 2.45) is 11.7 Å². The Morgan fingerprint density at radius 2 is 1.92 bits per heavy atom. The van der Waals surface area contributed by atoms with Crippen LogP contribution in [0.25, 0.3) is 22.3 Å². The van der Waals surface area contributed by atoms with Gasteiger partial charge in [-0.1, -0.05) is 12.1 Å². The minimum absolute atomic E-state index is 0.133. The summed E-state index contributed by atoms with van der Waals surface area (Å²) in [5, 5.41) is 0.991. The number of aromatic nitrogens is 3. The summed E-state index contributed by atoms with van der Waals surface area (Å²) in [6.45, 7) is 1.46. The molecule has 0 saturated carbocycles. The van der Waals surface area contributed by atoms with Gasteiger partial charge >= 0.3 is 0 Å². The SMILES string of the molecule is NC(=O)[C@@H]1CCCN(c2nc(-c3ccncc3)nc3ccccc23)C1. The van der Waals surface area contributed by atoms with Crippen LogP contribution < -0.4 is 10.6 Å². The van der Waals surface area contributed by atoms with E-state index in [1.54, 1.807) is 12.4 Å². The number of carbonyl (C=O) groups excluding carboxylic acids is 1. The van der Waals surface area contributed by atoms with E-state index in [1.165, 1.54) is 0 Å². The van der Waals surface area contributed by atoms with Crippen molar-refractivity contribution in [2.75, 3.05) is 18.0 Å². The lowest BCUT2D eigenvalue weighted by atomic mass is 9.97. The normalized spacial score (nSPS) is 17.6. The van der Waals surface area contributed by atoms with Crippen LogP contribution in [0.3, 0.4) is 0 Å². The molecule has 3 heterocycles. The smallest absolute Gasteiger partial charge is 0.222 e. The minimum atomic E-state index is -0.239. The molecular formula is C19H19N5O. The number of carbonyl (C=O) groups is 1. The van der Waals surface area contributed by atoms with Gasteiger partial charge in [-0.3, -0.25) is 9.78 Å². The van der Waals surface area contributed by atoms with Gasteiger partial charge in [0, 0.05) is 36.4 Å². The van der Waals surface area contributed by atoms with Crippen molar-refractivity contribution in [1.82, 2.24) is 15.0 Å². The lowest BCUT2D eigenvalue weighted by Gasteiger charge is -2.32. The second-order valence-corrected chi connectivity index (χ2v) is 6.31. The van der Waals surface area contributed by atoms with E-state index in [4.69, 9.17) is 15.7 Å². The van der Waals surface area contributed by atoms with E-state index in [1.807, 2.05) is 36.4 Å². The highest BCUT2D eigenvalue weighted by Gasteiger charge is 2.26. The zero-order valence-electron chi connectivity index (χ0n) is 13.8. The average Bonchev–Trinajstić information content (AvgIpc) is 2.68.